The number of hydrogen-bond donors (Lipinski definition) is 0. The van der Waals surface area contributed by atoms with Crippen molar-refractivity contribution in [1.29, 1.82) is 0 Å². The van der Waals surface area contributed by atoms with Crippen LogP contribution in [0.25, 0.3) is 17.0 Å². The molecule has 5 heteroatoms. The highest BCUT2D eigenvalue weighted by Crippen LogP contribution is 2.23. The molecule has 0 amide bonds. The van der Waals surface area contributed by atoms with Crippen molar-refractivity contribution >= 4 is 21.6 Å². The fourth-order valence-electron chi connectivity index (χ4n) is 1.82. The molecule has 0 saturated carbocycles. The zero-order valence-electron chi connectivity index (χ0n) is 9.67. The van der Waals surface area contributed by atoms with Crippen LogP contribution in [0, 0.1) is 0 Å². The van der Waals surface area contributed by atoms with Crippen molar-refractivity contribution in [2.45, 2.75) is 0 Å². The van der Waals surface area contributed by atoms with Crippen molar-refractivity contribution in [2.24, 2.45) is 0 Å². The van der Waals surface area contributed by atoms with E-state index in [-0.39, 0.29) is 0 Å². The van der Waals surface area contributed by atoms with E-state index in [9.17, 15) is 0 Å². The number of aromatic nitrogens is 3. The molecule has 90 valence electrons. The number of rotatable bonds is 2. The number of methoxy groups -OCH3 is 1. The third kappa shape index (κ3) is 1.86. The minimum absolute atomic E-state index is 0.802. The van der Waals surface area contributed by atoms with Gasteiger partial charge in [-0.25, -0.2) is 0 Å². The first-order chi connectivity index (χ1) is 8.78. The Labute approximate surface area is 112 Å². The number of hydrogen-bond acceptors (Lipinski definition) is 3. The Morgan fingerprint density at radius 2 is 2.06 bits per heavy atom. The molecule has 0 unspecified atom stereocenters. The fraction of sp³-hybridized carbons (Fsp3) is 0.0769. The Morgan fingerprint density at radius 3 is 2.89 bits per heavy atom. The van der Waals surface area contributed by atoms with E-state index in [1.807, 2.05) is 47.0 Å². The average Bonchev–Trinajstić information content (AvgIpc) is 2.81. The van der Waals surface area contributed by atoms with Gasteiger partial charge in [0.25, 0.3) is 0 Å². The van der Waals surface area contributed by atoms with Crippen molar-refractivity contribution in [3.63, 3.8) is 0 Å². The van der Waals surface area contributed by atoms with E-state index in [1.165, 1.54) is 0 Å². The molecule has 0 aliphatic heterocycles. The Balaban J connectivity index is 2.19. The van der Waals surface area contributed by atoms with Gasteiger partial charge in [0, 0.05) is 16.2 Å². The van der Waals surface area contributed by atoms with Crippen LogP contribution in [0.1, 0.15) is 0 Å². The first-order valence-corrected chi connectivity index (χ1v) is 6.22. The van der Waals surface area contributed by atoms with Gasteiger partial charge in [0.05, 0.1) is 7.11 Å². The van der Waals surface area contributed by atoms with E-state index < -0.39 is 0 Å². The third-order valence-corrected chi connectivity index (χ3v) is 3.19. The molecule has 0 atom stereocenters. The maximum Gasteiger partial charge on any atom is 0.168 e. The van der Waals surface area contributed by atoms with Crippen LogP contribution in [0.15, 0.2) is 47.1 Å². The zero-order chi connectivity index (χ0) is 12.5. The van der Waals surface area contributed by atoms with E-state index in [0.29, 0.717) is 0 Å². The molecule has 0 radical (unpaired) electrons. The molecule has 2 heterocycles. The first kappa shape index (κ1) is 11.2. The highest BCUT2D eigenvalue weighted by molar-refractivity contribution is 9.10. The molecule has 0 aliphatic carbocycles. The molecule has 4 nitrogen and oxygen atoms in total. The summed E-state index contributed by atoms with van der Waals surface area (Å²) in [5.74, 6) is 1.61. The van der Waals surface area contributed by atoms with Gasteiger partial charge in [-0.1, -0.05) is 28.1 Å². The van der Waals surface area contributed by atoms with Crippen molar-refractivity contribution in [3.8, 4) is 17.1 Å². The van der Waals surface area contributed by atoms with Gasteiger partial charge >= 0.3 is 0 Å². The number of nitrogens with zero attached hydrogens (tertiary/aromatic N) is 3. The summed E-state index contributed by atoms with van der Waals surface area (Å²) in [5, 5.41) is 8.37. The summed E-state index contributed by atoms with van der Waals surface area (Å²) in [5.41, 5.74) is 1.78. The molecular weight excluding hydrogens is 294 g/mol. The van der Waals surface area contributed by atoms with Crippen LogP contribution in [-0.4, -0.2) is 21.7 Å². The summed E-state index contributed by atoms with van der Waals surface area (Å²) in [6.07, 6.45) is 1.94. The molecule has 0 spiro atoms. The quantitative estimate of drug-likeness (QED) is 0.730. The standard InChI is InChI=1S/C13H10BrN3O/c1-18-11-4-2-3-9(7-11)13-16-15-12-8-10(14)5-6-17(12)13/h2-8H,1H3. The zero-order valence-corrected chi connectivity index (χ0v) is 11.3. The molecule has 3 aromatic rings. The molecule has 3 rings (SSSR count). The Morgan fingerprint density at radius 1 is 1.17 bits per heavy atom. The fourth-order valence-corrected chi connectivity index (χ4v) is 2.15. The van der Waals surface area contributed by atoms with E-state index in [4.69, 9.17) is 4.74 Å². The SMILES string of the molecule is COc1cccc(-c2nnc3cc(Br)ccn23)c1. The summed E-state index contributed by atoms with van der Waals surface area (Å²) < 4.78 is 8.15. The van der Waals surface area contributed by atoms with E-state index >= 15 is 0 Å². The monoisotopic (exact) mass is 303 g/mol. The normalized spacial score (nSPS) is 10.8. The van der Waals surface area contributed by atoms with Gasteiger partial charge in [-0.05, 0) is 24.3 Å². The molecule has 0 bridgehead atoms. The van der Waals surface area contributed by atoms with Crippen LogP contribution in [-0.2, 0) is 0 Å². The van der Waals surface area contributed by atoms with Gasteiger partial charge in [-0.3, -0.25) is 4.40 Å². The summed E-state index contributed by atoms with van der Waals surface area (Å²) in [4.78, 5) is 0. The Bertz CT molecular complexity index is 708. The lowest BCUT2D eigenvalue weighted by molar-refractivity contribution is 0.415. The highest BCUT2D eigenvalue weighted by atomic mass is 79.9. The van der Waals surface area contributed by atoms with Gasteiger partial charge < -0.3 is 4.74 Å². The second-order valence-corrected chi connectivity index (χ2v) is 4.74. The number of halogens is 1. The molecule has 0 fully saturated rings. The van der Waals surface area contributed by atoms with E-state index in [1.54, 1.807) is 7.11 Å². The minimum Gasteiger partial charge on any atom is -0.497 e. The number of benzene rings is 1. The van der Waals surface area contributed by atoms with Gasteiger partial charge in [-0.15, -0.1) is 10.2 Å². The summed E-state index contributed by atoms with van der Waals surface area (Å²) >= 11 is 3.42. The maximum absolute atomic E-state index is 5.22. The first-order valence-electron chi connectivity index (χ1n) is 5.42. The number of ether oxygens (including phenoxy) is 1. The van der Waals surface area contributed by atoms with Crippen LogP contribution in [0.3, 0.4) is 0 Å². The lowest BCUT2D eigenvalue weighted by Crippen LogP contribution is -1.90. The van der Waals surface area contributed by atoms with Crippen LogP contribution >= 0.6 is 15.9 Å². The summed E-state index contributed by atoms with van der Waals surface area (Å²) in [7, 11) is 1.65. The number of pyridine rings is 1. The van der Waals surface area contributed by atoms with E-state index in [0.717, 1.165) is 27.3 Å². The van der Waals surface area contributed by atoms with Gasteiger partial charge in [-0.2, -0.15) is 0 Å². The predicted molar refractivity (Wildman–Crippen MR) is 72.7 cm³/mol. The summed E-state index contributed by atoms with van der Waals surface area (Å²) in [6.45, 7) is 0. The smallest absolute Gasteiger partial charge is 0.168 e. The molecule has 0 aliphatic rings. The van der Waals surface area contributed by atoms with Crippen LogP contribution in [0.2, 0.25) is 0 Å². The van der Waals surface area contributed by atoms with Gasteiger partial charge in [0.1, 0.15) is 5.75 Å². The molecule has 18 heavy (non-hydrogen) atoms. The lowest BCUT2D eigenvalue weighted by Gasteiger charge is -2.03. The number of fused-ring (bicyclic) bond motifs is 1. The molecular formula is C13H10BrN3O. The molecule has 0 N–H and O–H groups in total. The van der Waals surface area contributed by atoms with Crippen LogP contribution in [0.5, 0.6) is 5.75 Å². The Kier molecular flexibility index (Phi) is 2.76. The van der Waals surface area contributed by atoms with Crippen LogP contribution < -0.4 is 4.74 Å². The second kappa shape index (κ2) is 4.42. The van der Waals surface area contributed by atoms with Gasteiger partial charge in [0.15, 0.2) is 11.5 Å². The molecule has 0 saturated heterocycles. The molecule has 1 aromatic carbocycles. The van der Waals surface area contributed by atoms with Crippen molar-refractivity contribution in [3.05, 3.63) is 47.1 Å². The van der Waals surface area contributed by atoms with Crippen molar-refractivity contribution < 1.29 is 4.74 Å². The second-order valence-electron chi connectivity index (χ2n) is 3.83. The van der Waals surface area contributed by atoms with Crippen molar-refractivity contribution in [1.82, 2.24) is 14.6 Å². The van der Waals surface area contributed by atoms with Gasteiger partial charge in [0.2, 0.25) is 0 Å². The third-order valence-electron chi connectivity index (χ3n) is 2.70. The Hall–Kier alpha value is -1.88. The van der Waals surface area contributed by atoms with Crippen LogP contribution in [0.4, 0.5) is 0 Å². The minimum atomic E-state index is 0.802. The maximum atomic E-state index is 5.22. The summed E-state index contributed by atoms with van der Waals surface area (Å²) in [6, 6.07) is 11.7. The highest BCUT2D eigenvalue weighted by Gasteiger charge is 2.08. The van der Waals surface area contributed by atoms with Crippen molar-refractivity contribution in [2.75, 3.05) is 7.11 Å². The topological polar surface area (TPSA) is 39.4 Å². The van der Waals surface area contributed by atoms with E-state index in [2.05, 4.69) is 26.1 Å². The largest absolute Gasteiger partial charge is 0.497 e. The lowest BCUT2D eigenvalue weighted by atomic mass is 10.2. The average molecular weight is 304 g/mol. The predicted octanol–water partition coefficient (Wildman–Crippen LogP) is 3.17. The molecule has 2 aromatic heterocycles.